The number of hydrogen-bond donors (Lipinski definition) is 0. The van der Waals surface area contributed by atoms with Crippen molar-refractivity contribution in [2.45, 2.75) is 59.6 Å². The van der Waals surface area contributed by atoms with Crippen LogP contribution in [0.5, 0.6) is 86.2 Å². The number of benzene rings is 15. The average molecular weight is 1960 g/mol. The summed E-state index contributed by atoms with van der Waals surface area (Å²) < 4.78 is 144. The summed E-state index contributed by atoms with van der Waals surface area (Å²) in [5.41, 5.74) is 3.87. The fraction of sp³-hybridized carbons (Fsp3) is 0.132. The van der Waals surface area contributed by atoms with Gasteiger partial charge in [0.15, 0.2) is 69.7 Å². The molecule has 1 fully saturated rings. The van der Waals surface area contributed by atoms with Crippen LogP contribution >= 0.6 is 0 Å². The maximum absolute atomic E-state index is 16.9. The van der Waals surface area contributed by atoms with E-state index >= 15 is 24.0 Å². The van der Waals surface area contributed by atoms with E-state index in [4.69, 9.17) is 99.5 Å². The van der Waals surface area contributed by atoms with E-state index in [-0.39, 0.29) is 147 Å². The lowest BCUT2D eigenvalue weighted by molar-refractivity contribution is -0.282. The molecule has 5 atom stereocenters. The van der Waals surface area contributed by atoms with Crippen LogP contribution in [0, 0.1) is 0 Å². The number of carbonyl (C=O) groups is 5. The molecule has 21 rings (SSSR count). The first-order chi connectivity index (χ1) is 72.0. The number of ether oxygens (including phenoxy) is 21. The number of hydrogen-bond acceptors (Lipinski definition) is 26. The van der Waals surface area contributed by atoms with Crippen LogP contribution in [0.4, 0.5) is 0 Å². The van der Waals surface area contributed by atoms with Gasteiger partial charge in [0.1, 0.15) is 45.7 Å². The molecule has 0 amide bonds. The summed E-state index contributed by atoms with van der Waals surface area (Å²) in [6.45, 7) is 17.9. The molecule has 0 bridgehead atoms. The lowest BCUT2D eigenvalue weighted by atomic mass is 9.97. The van der Waals surface area contributed by atoms with Gasteiger partial charge in [-0.1, -0.05) is 367 Å². The van der Waals surface area contributed by atoms with Crippen LogP contribution in [-0.4, -0.2) is 100 Å². The van der Waals surface area contributed by atoms with Crippen molar-refractivity contribution in [3.8, 4) is 86.2 Å². The van der Waals surface area contributed by atoms with E-state index in [9.17, 15) is 0 Å². The van der Waals surface area contributed by atoms with Crippen molar-refractivity contribution in [1.29, 1.82) is 0 Å². The Morgan fingerprint density at radius 1 is 0.231 bits per heavy atom. The summed E-state index contributed by atoms with van der Waals surface area (Å²) in [5.74, 6) is -14.9. The van der Waals surface area contributed by atoms with Gasteiger partial charge in [-0.3, -0.25) is 0 Å². The summed E-state index contributed by atoms with van der Waals surface area (Å²) in [7, 11) is 0. The number of carbonyl (C=O) groups excluding carboxylic acids is 5. The van der Waals surface area contributed by atoms with E-state index in [0.29, 0.717) is 55.6 Å². The van der Waals surface area contributed by atoms with Crippen LogP contribution in [0.3, 0.4) is 0 Å². The molecule has 0 saturated carbocycles. The predicted octanol–water partition coefficient (Wildman–Crippen LogP) is 22.3. The quantitative estimate of drug-likeness (QED) is 0.0200. The molecular formula is C121H92O26. The van der Waals surface area contributed by atoms with Gasteiger partial charge in [-0.05, 0) is 60.7 Å². The molecule has 6 aliphatic rings. The monoisotopic (exact) mass is 1960 g/mol. The molecular weight excluding hydrogens is 1870 g/mol. The van der Waals surface area contributed by atoms with Crippen molar-refractivity contribution in [2.75, 3.05) is 39.6 Å². The Hall–Kier alpha value is -18.7. The van der Waals surface area contributed by atoms with E-state index in [1.54, 1.807) is 0 Å². The molecule has 0 aromatic heterocycles. The fourth-order valence-electron chi connectivity index (χ4n) is 18.3. The van der Waals surface area contributed by atoms with Crippen molar-refractivity contribution >= 4 is 29.8 Å². The summed E-state index contributed by atoms with van der Waals surface area (Å²) in [6, 6.07) is 104. The van der Waals surface area contributed by atoms with Crippen molar-refractivity contribution in [1.82, 2.24) is 0 Å². The smallest absolute Gasteiger partial charge is 0.340 e. The number of fused-ring (bicyclic) bond motifs is 5. The highest BCUT2D eigenvalue weighted by Gasteiger charge is 2.59. The van der Waals surface area contributed by atoms with Crippen molar-refractivity contribution in [3.05, 3.63) is 511 Å². The maximum atomic E-state index is 16.9. The molecule has 0 spiro atoms. The van der Waals surface area contributed by atoms with Crippen LogP contribution in [0.1, 0.15) is 107 Å². The molecule has 0 aliphatic carbocycles. The van der Waals surface area contributed by atoms with E-state index in [1.165, 1.54) is 91.0 Å². The van der Waals surface area contributed by atoms with Crippen LogP contribution in [0.15, 0.2) is 427 Å². The van der Waals surface area contributed by atoms with E-state index < -0.39 is 96.1 Å². The maximum Gasteiger partial charge on any atom is 0.340 e. The second-order valence-electron chi connectivity index (χ2n) is 34.4. The van der Waals surface area contributed by atoms with Crippen LogP contribution in [0.25, 0.3) is 0 Å². The van der Waals surface area contributed by atoms with E-state index in [0.717, 1.165) is 0 Å². The van der Waals surface area contributed by atoms with Gasteiger partial charge >= 0.3 is 58.8 Å². The molecule has 15 aromatic carbocycles. The Balaban J connectivity index is 0.752. The van der Waals surface area contributed by atoms with Crippen LogP contribution < -0.4 is 71.1 Å². The van der Waals surface area contributed by atoms with Gasteiger partial charge in [0.25, 0.3) is 0 Å². The number of rotatable bonds is 36. The minimum Gasteiger partial charge on any atom is -0.485 e. The van der Waals surface area contributed by atoms with Crippen molar-refractivity contribution in [3.63, 3.8) is 0 Å². The third-order valence-corrected chi connectivity index (χ3v) is 25.0. The van der Waals surface area contributed by atoms with Gasteiger partial charge in [-0.2, -0.15) is 0 Å². The Labute approximate surface area is 844 Å². The van der Waals surface area contributed by atoms with Crippen molar-refractivity contribution < 1.29 is 123 Å². The minimum absolute atomic E-state index is 0.00991. The molecule has 6 aliphatic heterocycles. The van der Waals surface area contributed by atoms with Gasteiger partial charge < -0.3 is 99.5 Å². The molecule has 15 aromatic rings. The molecule has 732 valence electrons. The normalized spacial score (nSPS) is 17.2. The fourth-order valence-corrected chi connectivity index (χ4v) is 18.3. The summed E-state index contributed by atoms with van der Waals surface area (Å²) >= 11 is 0. The lowest BCUT2D eigenvalue weighted by Gasteiger charge is -2.43. The Morgan fingerprint density at radius 3 is 0.633 bits per heavy atom. The number of esters is 5. The second kappa shape index (κ2) is 40.7. The first-order valence-electron chi connectivity index (χ1n) is 47.2. The molecule has 26 nitrogen and oxygen atoms in total. The highest BCUT2D eigenvalue weighted by atomic mass is 16.8. The van der Waals surface area contributed by atoms with Gasteiger partial charge in [0.2, 0.25) is 41.1 Å². The molecule has 147 heavy (non-hydrogen) atoms. The second-order valence-corrected chi connectivity index (χ2v) is 34.4. The van der Waals surface area contributed by atoms with Gasteiger partial charge in [-0.25, -0.2) is 24.0 Å². The van der Waals surface area contributed by atoms with E-state index in [1.807, 2.05) is 303 Å². The topological polar surface area (TPSA) is 279 Å². The zero-order valence-electron chi connectivity index (χ0n) is 78.8. The molecule has 0 N–H and O–H groups in total. The third-order valence-electron chi connectivity index (χ3n) is 25.0. The molecule has 26 heteroatoms. The Bertz CT molecular complexity index is 7270. The van der Waals surface area contributed by atoms with Gasteiger partial charge in [0, 0.05) is 55.6 Å². The molecule has 1 saturated heterocycles. The highest BCUT2D eigenvalue weighted by Crippen LogP contribution is 2.60. The van der Waals surface area contributed by atoms with Gasteiger partial charge in [0.05, 0.1) is 27.8 Å². The zero-order chi connectivity index (χ0) is 101. The average Bonchev–Trinajstić information content (AvgIpc) is 1.59. The Kier molecular flexibility index (Phi) is 26.2. The van der Waals surface area contributed by atoms with Gasteiger partial charge in [-0.15, -0.1) is 0 Å². The third kappa shape index (κ3) is 18.1. The largest absolute Gasteiger partial charge is 0.485 e. The first kappa shape index (κ1) is 94.5. The standard InChI is InChI=1S/C121H92O26/c1-6-61-127-92-66-77(71-97-103(92)143-117(138-97,82-41-21-11-22-42-82)83-43-23-12-24-44-83)111(122)132-76-102-108(134-112(123)78-67-93(128-62-7-2)104-98(72-78)139-118(144-104,84-45-25-13-26-46-84)85-47-27-14-28-48-85)109(135-113(124)79-68-94(129-63-8-3)105-99(73-79)140-119(145-105,86-49-29-15-30-50-86)87-51-31-16-32-52-87)110(136-114(125)80-69-95(130-64-9-4)106-100(74-80)141-120(146-106,88-53-33-17-34-54-88)89-55-35-18-36-56-89)116(133-102)137-115(126)81-70-96(131-65-10-5)107-101(75-81)142-121(147-107,90-57-37-19-38-58-90)91-59-39-20-40-60-91/h6-60,66-75,102,108-110,116H,1-5,61-65,76H2/t102-,108-,109+,110-,116+/m1/s1. The molecule has 0 unspecified atom stereocenters. The molecule has 6 heterocycles. The summed E-state index contributed by atoms with van der Waals surface area (Å²) in [6.07, 6.45) is -4.12. The minimum atomic E-state index is -2.43. The first-order valence-corrected chi connectivity index (χ1v) is 47.2. The highest BCUT2D eigenvalue weighted by molar-refractivity contribution is 5.96. The lowest BCUT2D eigenvalue weighted by Crippen LogP contribution is -2.63. The zero-order valence-corrected chi connectivity index (χ0v) is 78.8. The van der Waals surface area contributed by atoms with E-state index in [2.05, 4.69) is 32.9 Å². The van der Waals surface area contributed by atoms with Crippen LogP contribution in [-0.2, 0) is 57.4 Å². The Morgan fingerprint density at radius 2 is 0.422 bits per heavy atom. The predicted molar refractivity (Wildman–Crippen MR) is 537 cm³/mol. The SMILES string of the molecule is C=CCOc1cc(C(=O)OC[C@H]2O[C@@H](OC(=O)c3cc(OCC=C)c4c(c3)OC(c3ccccc3)(c3ccccc3)O4)[C@H](OC(=O)c3cc(OCC=C)c4c(c3)OC(c3ccccc3)(c3ccccc3)O4)[C@@H](OC(=O)c3cc(OCC=C)c4c(c3)OC(c3ccccc3)(c3ccccc3)O4)[C@@H]2OC(=O)c2cc(OCC=C)c3c(c2)OC(c2ccccc2)(c2ccccc2)O3)cc2c1OC(c1ccccc1)(c1ccccc1)O2. The summed E-state index contributed by atoms with van der Waals surface area (Å²) in [5, 5.41) is 0. The molecule has 0 radical (unpaired) electrons. The van der Waals surface area contributed by atoms with Crippen molar-refractivity contribution in [2.24, 2.45) is 0 Å². The van der Waals surface area contributed by atoms with Crippen LogP contribution in [0.2, 0.25) is 0 Å². The summed E-state index contributed by atoms with van der Waals surface area (Å²) in [4.78, 5) is 82.9.